The van der Waals surface area contributed by atoms with Crippen LogP contribution in [0.2, 0.25) is 5.02 Å². The van der Waals surface area contributed by atoms with Crippen molar-refractivity contribution in [2.24, 2.45) is 5.92 Å². The number of benzene rings is 1. The van der Waals surface area contributed by atoms with Gasteiger partial charge in [0.2, 0.25) is 5.91 Å². The Labute approximate surface area is 134 Å². The lowest BCUT2D eigenvalue weighted by atomic mass is 9.89. The second-order valence-corrected chi connectivity index (χ2v) is 5.82. The van der Waals surface area contributed by atoms with Gasteiger partial charge in [-0.2, -0.15) is 0 Å². The van der Waals surface area contributed by atoms with E-state index in [4.69, 9.17) is 16.3 Å². The zero-order valence-corrected chi connectivity index (χ0v) is 13.0. The summed E-state index contributed by atoms with van der Waals surface area (Å²) < 4.78 is 18.5. The molecule has 0 aliphatic heterocycles. The Balaban J connectivity index is 1.75. The molecule has 22 heavy (non-hydrogen) atoms. The van der Waals surface area contributed by atoms with E-state index >= 15 is 0 Å². The van der Waals surface area contributed by atoms with Crippen molar-refractivity contribution in [1.29, 1.82) is 0 Å². The van der Waals surface area contributed by atoms with Gasteiger partial charge >= 0.3 is 5.97 Å². The van der Waals surface area contributed by atoms with Crippen molar-refractivity contribution in [2.75, 3.05) is 6.54 Å². The van der Waals surface area contributed by atoms with E-state index in [2.05, 4.69) is 5.32 Å². The van der Waals surface area contributed by atoms with E-state index in [0.29, 0.717) is 0 Å². The van der Waals surface area contributed by atoms with Crippen molar-refractivity contribution < 1.29 is 18.7 Å². The summed E-state index contributed by atoms with van der Waals surface area (Å²) in [5, 5.41) is 2.78. The highest BCUT2D eigenvalue weighted by Gasteiger charge is 2.21. The van der Waals surface area contributed by atoms with Gasteiger partial charge in [0.1, 0.15) is 19.0 Å². The number of carbonyl (C=O) groups is 2. The van der Waals surface area contributed by atoms with Crippen molar-refractivity contribution in [2.45, 2.75) is 38.7 Å². The number of halogens is 2. The summed E-state index contributed by atoms with van der Waals surface area (Å²) in [7, 11) is 0. The molecule has 120 valence electrons. The summed E-state index contributed by atoms with van der Waals surface area (Å²) in [6, 6.07) is 4.26. The molecule has 1 aliphatic rings. The van der Waals surface area contributed by atoms with Crippen LogP contribution in [0.15, 0.2) is 18.2 Å². The Morgan fingerprint density at radius 3 is 2.68 bits per heavy atom. The molecule has 1 aromatic rings. The number of amides is 1. The van der Waals surface area contributed by atoms with Crippen LogP contribution in [0.25, 0.3) is 0 Å². The third kappa shape index (κ3) is 4.70. The Hall–Kier alpha value is -1.62. The molecule has 0 aromatic heterocycles. The Bertz CT molecular complexity index is 524. The zero-order chi connectivity index (χ0) is 15.9. The molecule has 4 nitrogen and oxygen atoms in total. The number of rotatable bonds is 5. The predicted octanol–water partition coefficient (Wildman–Crippen LogP) is 3.22. The third-order valence-corrected chi connectivity index (χ3v) is 4.18. The lowest BCUT2D eigenvalue weighted by Gasteiger charge is -2.20. The molecule has 0 bridgehead atoms. The molecule has 6 heteroatoms. The highest BCUT2D eigenvalue weighted by molar-refractivity contribution is 6.31. The molecule has 0 unspecified atom stereocenters. The zero-order valence-electron chi connectivity index (χ0n) is 12.2. The summed E-state index contributed by atoms with van der Waals surface area (Å²) >= 11 is 5.84. The first kappa shape index (κ1) is 16.7. The lowest BCUT2D eigenvalue weighted by molar-refractivity contribution is -0.145. The highest BCUT2D eigenvalue weighted by Crippen LogP contribution is 2.23. The molecule has 2 rings (SSSR count). The minimum absolute atomic E-state index is 0.0115. The van der Waals surface area contributed by atoms with Crippen LogP contribution in [0.4, 0.5) is 4.39 Å². The number of esters is 1. The number of carbonyl (C=O) groups excluding carboxylic acids is 2. The quantitative estimate of drug-likeness (QED) is 0.845. The Kier molecular flexibility index (Phi) is 6.19. The molecular weight excluding hydrogens is 309 g/mol. The smallest absolute Gasteiger partial charge is 0.325 e. The van der Waals surface area contributed by atoms with Gasteiger partial charge in [-0.05, 0) is 25.0 Å². The van der Waals surface area contributed by atoms with E-state index < -0.39 is 11.8 Å². The van der Waals surface area contributed by atoms with Gasteiger partial charge in [0, 0.05) is 11.5 Å². The maximum absolute atomic E-state index is 13.5. The predicted molar refractivity (Wildman–Crippen MR) is 80.8 cm³/mol. The number of hydrogen-bond acceptors (Lipinski definition) is 3. The first-order valence-electron chi connectivity index (χ1n) is 7.44. The van der Waals surface area contributed by atoms with Gasteiger partial charge < -0.3 is 10.1 Å². The van der Waals surface area contributed by atoms with Gasteiger partial charge in [-0.25, -0.2) is 4.39 Å². The second-order valence-electron chi connectivity index (χ2n) is 5.41. The van der Waals surface area contributed by atoms with E-state index in [1.807, 2.05) is 0 Å². The topological polar surface area (TPSA) is 55.4 Å². The van der Waals surface area contributed by atoms with Crippen LogP contribution >= 0.6 is 11.6 Å². The van der Waals surface area contributed by atoms with Crippen molar-refractivity contribution in [3.63, 3.8) is 0 Å². The van der Waals surface area contributed by atoms with Crippen LogP contribution in [0.3, 0.4) is 0 Å². The molecular formula is C16H19ClFNO3. The molecule has 0 spiro atoms. The summed E-state index contributed by atoms with van der Waals surface area (Å²) in [6.45, 7) is -0.453. The van der Waals surface area contributed by atoms with E-state index in [-0.39, 0.29) is 35.6 Å². The van der Waals surface area contributed by atoms with E-state index in [0.717, 1.165) is 32.1 Å². The summed E-state index contributed by atoms with van der Waals surface area (Å²) in [5.41, 5.74) is 0.135. The lowest BCUT2D eigenvalue weighted by Crippen LogP contribution is -2.36. The van der Waals surface area contributed by atoms with Crippen LogP contribution in [-0.4, -0.2) is 18.4 Å². The number of nitrogens with one attached hydrogen (secondary N) is 1. The van der Waals surface area contributed by atoms with Gasteiger partial charge in [0.15, 0.2) is 0 Å². The Morgan fingerprint density at radius 2 is 2.00 bits per heavy atom. The van der Waals surface area contributed by atoms with Crippen LogP contribution < -0.4 is 5.32 Å². The van der Waals surface area contributed by atoms with Gasteiger partial charge in [-0.1, -0.05) is 36.9 Å². The summed E-state index contributed by atoms with van der Waals surface area (Å²) in [4.78, 5) is 23.5. The molecule has 1 aliphatic carbocycles. The standard InChI is InChI=1S/C16H19ClFNO3/c17-13-7-4-8-14(18)12(13)10-22-15(20)9-19-16(21)11-5-2-1-3-6-11/h4,7-8,11H,1-3,5-6,9-10H2,(H,19,21). The average molecular weight is 328 g/mol. The summed E-state index contributed by atoms with van der Waals surface area (Å²) in [6.07, 6.45) is 5.00. The first-order valence-corrected chi connectivity index (χ1v) is 7.82. The minimum atomic E-state index is -0.608. The van der Waals surface area contributed by atoms with Crippen molar-refractivity contribution in [3.05, 3.63) is 34.6 Å². The second kappa shape index (κ2) is 8.13. The fraction of sp³-hybridized carbons (Fsp3) is 0.500. The molecule has 0 heterocycles. The fourth-order valence-corrected chi connectivity index (χ4v) is 2.76. The largest absolute Gasteiger partial charge is 0.459 e. The Morgan fingerprint density at radius 1 is 1.27 bits per heavy atom. The first-order chi connectivity index (χ1) is 10.6. The molecule has 0 saturated heterocycles. The monoisotopic (exact) mass is 327 g/mol. The van der Waals surface area contributed by atoms with Crippen molar-refractivity contribution in [1.82, 2.24) is 5.32 Å². The van der Waals surface area contributed by atoms with E-state index in [1.54, 1.807) is 0 Å². The molecule has 1 aromatic carbocycles. The van der Waals surface area contributed by atoms with Crippen LogP contribution in [-0.2, 0) is 20.9 Å². The van der Waals surface area contributed by atoms with Gasteiger partial charge in [-0.3, -0.25) is 9.59 Å². The van der Waals surface area contributed by atoms with Crippen LogP contribution in [0, 0.1) is 11.7 Å². The van der Waals surface area contributed by atoms with Gasteiger partial charge in [0.05, 0.1) is 5.02 Å². The molecule has 0 atom stereocenters. The summed E-state index contributed by atoms with van der Waals surface area (Å²) in [5.74, 6) is -1.25. The maximum atomic E-state index is 13.5. The third-order valence-electron chi connectivity index (χ3n) is 3.82. The average Bonchev–Trinajstić information content (AvgIpc) is 2.53. The number of hydrogen-bond donors (Lipinski definition) is 1. The van der Waals surface area contributed by atoms with Gasteiger partial charge in [0.25, 0.3) is 0 Å². The van der Waals surface area contributed by atoms with Gasteiger partial charge in [-0.15, -0.1) is 0 Å². The highest BCUT2D eigenvalue weighted by atomic mass is 35.5. The van der Waals surface area contributed by atoms with Crippen molar-refractivity contribution >= 4 is 23.5 Å². The molecule has 0 radical (unpaired) electrons. The SMILES string of the molecule is O=C(CNC(=O)C1CCCCC1)OCc1c(F)cccc1Cl. The van der Waals surface area contributed by atoms with Crippen molar-refractivity contribution in [3.8, 4) is 0 Å². The normalized spacial score (nSPS) is 15.4. The molecule has 1 N–H and O–H groups in total. The van der Waals surface area contributed by atoms with Crippen LogP contribution in [0.5, 0.6) is 0 Å². The molecule has 1 saturated carbocycles. The minimum Gasteiger partial charge on any atom is -0.459 e. The van der Waals surface area contributed by atoms with E-state index in [1.165, 1.54) is 18.2 Å². The number of ether oxygens (including phenoxy) is 1. The fourth-order valence-electron chi connectivity index (χ4n) is 2.54. The van der Waals surface area contributed by atoms with E-state index in [9.17, 15) is 14.0 Å². The maximum Gasteiger partial charge on any atom is 0.325 e. The molecule has 1 amide bonds. The van der Waals surface area contributed by atoms with Crippen LogP contribution in [0.1, 0.15) is 37.7 Å². The molecule has 1 fully saturated rings.